The average molecular weight is 243 g/mol. The van der Waals surface area contributed by atoms with E-state index in [0.29, 0.717) is 13.1 Å². The number of carbonyl (C=O) groups is 2. The molecule has 4 nitrogen and oxygen atoms in total. The molecule has 0 radical (unpaired) electrons. The standard InChI is InChI=1S/C14H13NO3/c16-13(7-6-11-4-2-1-3-5-11)15-9-12(10-15)8-14(17)18/h1-5,12H,8-10H2,(H,17,18). The maximum atomic E-state index is 11.6. The van der Waals surface area contributed by atoms with Crippen LogP contribution in [0.4, 0.5) is 0 Å². The van der Waals surface area contributed by atoms with Crippen LogP contribution in [0.3, 0.4) is 0 Å². The number of likely N-dealkylation sites (tertiary alicyclic amines) is 1. The Kier molecular flexibility index (Phi) is 3.63. The van der Waals surface area contributed by atoms with Crippen molar-refractivity contribution in [2.45, 2.75) is 6.42 Å². The number of rotatable bonds is 2. The van der Waals surface area contributed by atoms with E-state index in [9.17, 15) is 9.59 Å². The molecule has 1 aliphatic heterocycles. The molecule has 1 aliphatic rings. The zero-order valence-corrected chi connectivity index (χ0v) is 9.80. The number of benzene rings is 1. The van der Waals surface area contributed by atoms with Gasteiger partial charge in [-0.05, 0) is 12.1 Å². The predicted octanol–water partition coefficient (Wildman–Crippen LogP) is 0.971. The molecule has 18 heavy (non-hydrogen) atoms. The Balaban J connectivity index is 1.85. The Morgan fingerprint density at radius 1 is 1.28 bits per heavy atom. The Morgan fingerprint density at radius 3 is 2.56 bits per heavy atom. The predicted molar refractivity (Wildman–Crippen MR) is 65.6 cm³/mol. The van der Waals surface area contributed by atoms with Crippen LogP contribution in [0.1, 0.15) is 12.0 Å². The van der Waals surface area contributed by atoms with Crippen molar-refractivity contribution < 1.29 is 14.7 Å². The van der Waals surface area contributed by atoms with Crippen molar-refractivity contribution in [3.05, 3.63) is 35.9 Å². The minimum atomic E-state index is -0.817. The van der Waals surface area contributed by atoms with Gasteiger partial charge in [-0.1, -0.05) is 24.1 Å². The molecule has 0 aromatic heterocycles. The fourth-order valence-electron chi connectivity index (χ4n) is 1.84. The van der Waals surface area contributed by atoms with E-state index in [1.54, 1.807) is 4.90 Å². The van der Waals surface area contributed by atoms with Gasteiger partial charge >= 0.3 is 5.97 Å². The Bertz CT molecular complexity index is 507. The zero-order valence-electron chi connectivity index (χ0n) is 9.80. The highest BCUT2D eigenvalue weighted by Crippen LogP contribution is 2.18. The minimum Gasteiger partial charge on any atom is -0.481 e. The van der Waals surface area contributed by atoms with Crippen molar-refractivity contribution in [3.63, 3.8) is 0 Å². The molecule has 0 spiro atoms. The number of carboxylic acid groups (broad SMARTS) is 1. The third kappa shape index (κ3) is 3.11. The number of aliphatic carboxylic acids is 1. The van der Waals surface area contributed by atoms with E-state index in [-0.39, 0.29) is 18.2 Å². The number of nitrogens with zero attached hydrogens (tertiary/aromatic N) is 1. The van der Waals surface area contributed by atoms with Crippen LogP contribution in [0.2, 0.25) is 0 Å². The van der Waals surface area contributed by atoms with E-state index in [1.807, 2.05) is 30.3 Å². The first-order valence-corrected chi connectivity index (χ1v) is 5.73. The molecule has 0 atom stereocenters. The molecule has 0 bridgehead atoms. The van der Waals surface area contributed by atoms with Crippen LogP contribution in [0.5, 0.6) is 0 Å². The topological polar surface area (TPSA) is 57.6 Å². The van der Waals surface area contributed by atoms with Gasteiger partial charge in [-0.25, -0.2) is 0 Å². The highest BCUT2D eigenvalue weighted by atomic mass is 16.4. The SMILES string of the molecule is O=C(O)CC1CN(C(=O)C#Cc2ccccc2)C1. The number of hydrogen-bond acceptors (Lipinski definition) is 2. The molecule has 1 aromatic carbocycles. The first kappa shape index (κ1) is 12.2. The zero-order chi connectivity index (χ0) is 13.0. The number of amides is 1. The lowest BCUT2D eigenvalue weighted by Gasteiger charge is -2.37. The van der Waals surface area contributed by atoms with Crippen LogP contribution in [0.25, 0.3) is 0 Å². The van der Waals surface area contributed by atoms with Crippen molar-refractivity contribution >= 4 is 11.9 Å². The molecule has 0 unspecified atom stereocenters. The van der Waals surface area contributed by atoms with E-state index >= 15 is 0 Å². The lowest BCUT2D eigenvalue weighted by Crippen LogP contribution is -2.50. The fourth-order valence-corrected chi connectivity index (χ4v) is 1.84. The number of carbonyl (C=O) groups excluding carboxylic acids is 1. The quantitative estimate of drug-likeness (QED) is 0.787. The molecular weight excluding hydrogens is 230 g/mol. The smallest absolute Gasteiger partial charge is 0.303 e. The van der Waals surface area contributed by atoms with Gasteiger partial charge in [-0.15, -0.1) is 0 Å². The normalized spacial score (nSPS) is 14.3. The molecule has 1 heterocycles. The van der Waals surface area contributed by atoms with Crippen LogP contribution in [0.15, 0.2) is 30.3 Å². The molecule has 4 heteroatoms. The second-order valence-electron chi connectivity index (χ2n) is 4.29. The van der Waals surface area contributed by atoms with Crippen molar-refractivity contribution in [1.82, 2.24) is 4.90 Å². The highest BCUT2D eigenvalue weighted by Gasteiger charge is 2.31. The van der Waals surface area contributed by atoms with Crippen molar-refractivity contribution in [2.75, 3.05) is 13.1 Å². The van der Waals surface area contributed by atoms with Crippen molar-refractivity contribution in [2.24, 2.45) is 5.92 Å². The number of carboxylic acids is 1. The summed E-state index contributed by atoms with van der Waals surface area (Å²) >= 11 is 0. The van der Waals surface area contributed by atoms with Gasteiger partial charge < -0.3 is 10.0 Å². The van der Waals surface area contributed by atoms with Gasteiger partial charge in [-0.3, -0.25) is 9.59 Å². The second kappa shape index (κ2) is 5.37. The molecule has 1 N–H and O–H groups in total. The Morgan fingerprint density at radius 2 is 1.94 bits per heavy atom. The van der Waals surface area contributed by atoms with Crippen LogP contribution >= 0.6 is 0 Å². The first-order valence-electron chi connectivity index (χ1n) is 5.73. The summed E-state index contributed by atoms with van der Waals surface area (Å²) in [6.07, 6.45) is 0.121. The average Bonchev–Trinajstić information content (AvgIpc) is 2.31. The largest absolute Gasteiger partial charge is 0.481 e. The van der Waals surface area contributed by atoms with Gasteiger partial charge in [-0.2, -0.15) is 0 Å². The Hall–Kier alpha value is -2.28. The summed E-state index contributed by atoms with van der Waals surface area (Å²) < 4.78 is 0. The molecule has 0 saturated carbocycles. The number of hydrogen-bond donors (Lipinski definition) is 1. The van der Waals surface area contributed by atoms with Crippen molar-refractivity contribution in [1.29, 1.82) is 0 Å². The summed E-state index contributed by atoms with van der Waals surface area (Å²) in [5.41, 5.74) is 0.799. The fraction of sp³-hybridized carbons (Fsp3) is 0.286. The second-order valence-corrected chi connectivity index (χ2v) is 4.29. The van der Waals surface area contributed by atoms with E-state index in [2.05, 4.69) is 11.8 Å². The minimum absolute atomic E-state index is 0.0741. The first-order chi connectivity index (χ1) is 8.65. The van der Waals surface area contributed by atoms with E-state index < -0.39 is 5.97 Å². The van der Waals surface area contributed by atoms with Crippen LogP contribution < -0.4 is 0 Å². The lowest BCUT2D eigenvalue weighted by molar-refractivity contribution is -0.142. The van der Waals surface area contributed by atoms with Crippen molar-refractivity contribution in [3.8, 4) is 11.8 Å². The molecular formula is C14H13NO3. The Labute approximate surface area is 105 Å². The summed E-state index contributed by atoms with van der Waals surface area (Å²) in [6.45, 7) is 0.989. The van der Waals surface area contributed by atoms with Gasteiger partial charge in [0.05, 0.1) is 6.42 Å². The third-order valence-electron chi connectivity index (χ3n) is 2.80. The molecule has 1 aromatic rings. The molecule has 92 valence electrons. The van der Waals surface area contributed by atoms with Gasteiger partial charge in [0.1, 0.15) is 0 Å². The molecule has 1 saturated heterocycles. The van der Waals surface area contributed by atoms with Crippen LogP contribution in [0, 0.1) is 17.8 Å². The molecule has 1 fully saturated rings. The van der Waals surface area contributed by atoms with E-state index in [1.165, 1.54) is 0 Å². The molecule has 0 aliphatic carbocycles. The third-order valence-corrected chi connectivity index (χ3v) is 2.80. The maximum absolute atomic E-state index is 11.6. The monoisotopic (exact) mass is 243 g/mol. The van der Waals surface area contributed by atoms with Gasteiger partial charge in [0.15, 0.2) is 0 Å². The summed E-state index contributed by atoms with van der Waals surface area (Å²) in [6, 6.07) is 9.29. The van der Waals surface area contributed by atoms with Crippen LogP contribution in [-0.4, -0.2) is 35.0 Å². The summed E-state index contributed by atoms with van der Waals surface area (Å²) in [5, 5.41) is 8.59. The highest BCUT2D eigenvalue weighted by molar-refractivity contribution is 5.94. The molecule has 2 rings (SSSR count). The maximum Gasteiger partial charge on any atom is 0.303 e. The van der Waals surface area contributed by atoms with E-state index in [0.717, 1.165) is 5.56 Å². The summed E-state index contributed by atoms with van der Waals surface area (Å²) in [5.74, 6) is 4.38. The lowest BCUT2D eigenvalue weighted by atomic mass is 9.96. The summed E-state index contributed by atoms with van der Waals surface area (Å²) in [4.78, 5) is 23.7. The van der Waals surface area contributed by atoms with Crippen LogP contribution in [-0.2, 0) is 9.59 Å². The van der Waals surface area contributed by atoms with E-state index in [4.69, 9.17) is 5.11 Å². The van der Waals surface area contributed by atoms with Gasteiger partial charge in [0, 0.05) is 30.5 Å². The van der Waals surface area contributed by atoms with Gasteiger partial charge in [0.2, 0.25) is 0 Å². The molecule has 1 amide bonds. The summed E-state index contributed by atoms with van der Waals surface area (Å²) in [7, 11) is 0. The van der Waals surface area contributed by atoms with Gasteiger partial charge in [0.25, 0.3) is 5.91 Å².